The van der Waals surface area contributed by atoms with Crippen molar-refractivity contribution in [1.82, 2.24) is 10.6 Å². The van der Waals surface area contributed by atoms with Gasteiger partial charge < -0.3 is 26.6 Å². The molecule has 2 atom stereocenters. The van der Waals surface area contributed by atoms with Crippen molar-refractivity contribution >= 4 is 29.5 Å². The van der Waals surface area contributed by atoms with E-state index in [1.807, 2.05) is 6.26 Å². The largest absolute Gasteiger partial charge is 0.480 e. The lowest BCUT2D eigenvalue weighted by atomic mass is 10.2. The molecule has 0 aliphatic rings. The highest BCUT2D eigenvalue weighted by atomic mass is 32.2. The van der Waals surface area contributed by atoms with E-state index in [4.69, 9.17) is 15.9 Å². The van der Waals surface area contributed by atoms with E-state index in [1.165, 1.54) is 11.8 Å². The van der Waals surface area contributed by atoms with Gasteiger partial charge in [-0.25, -0.2) is 4.79 Å². The standard InChI is InChI=1S/C10H19N3O5S/c1-19-3-2-7(10(17)18)13-8(15)4-12-9(16)6(11)5-14/h6-7,14H,2-5,11H2,1H3,(H,12,16)(H,13,15)(H,17,18)/t6-,7-/m0/s1. The second kappa shape index (κ2) is 9.59. The Labute approximate surface area is 115 Å². The number of carboxylic acid groups (broad SMARTS) is 1. The number of carbonyl (C=O) groups is 3. The summed E-state index contributed by atoms with van der Waals surface area (Å²) in [6, 6.07) is -2.08. The van der Waals surface area contributed by atoms with Gasteiger partial charge in [0.05, 0.1) is 13.2 Å². The fraction of sp³-hybridized carbons (Fsp3) is 0.700. The second-order valence-corrected chi connectivity index (χ2v) is 4.73. The molecule has 0 fully saturated rings. The van der Waals surface area contributed by atoms with Gasteiger partial charge in [-0.3, -0.25) is 9.59 Å². The molecule has 0 aliphatic carbocycles. The minimum absolute atomic E-state index is 0.298. The number of hydrogen-bond donors (Lipinski definition) is 5. The Bertz CT molecular complexity index is 326. The van der Waals surface area contributed by atoms with Gasteiger partial charge in [0.2, 0.25) is 11.8 Å². The van der Waals surface area contributed by atoms with Crippen molar-refractivity contribution in [3.8, 4) is 0 Å². The molecule has 0 aromatic rings. The Morgan fingerprint density at radius 2 is 2.00 bits per heavy atom. The summed E-state index contributed by atoms with van der Waals surface area (Å²) in [7, 11) is 0. The molecule has 110 valence electrons. The summed E-state index contributed by atoms with van der Waals surface area (Å²) >= 11 is 1.47. The van der Waals surface area contributed by atoms with Gasteiger partial charge in [0.25, 0.3) is 0 Å². The van der Waals surface area contributed by atoms with Crippen molar-refractivity contribution in [2.24, 2.45) is 5.73 Å². The van der Waals surface area contributed by atoms with E-state index in [0.29, 0.717) is 12.2 Å². The molecule has 0 aliphatic heterocycles. The lowest BCUT2D eigenvalue weighted by molar-refractivity contribution is -0.141. The van der Waals surface area contributed by atoms with Crippen molar-refractivity contribution in [1.29, 1.82) is 0 Å². The van der Waals surface area contributed by atoms with Gasteiger partial charge in [-0.2, -0.15) is 11.8 Å². The van der Waals surface area contributed by atoms with E-state index < -0.39 is 36.5 Å². The van der Waals surface area contributed by atoms with E-state index in [2.05, 4.69) is 10.6 Å². The number of aliphatic carboxylic acids is 1. The molecule has 0 bridgehead atoms. The summed E-state index contributed by atoms with van der Waals surface area (Å²) in [5, 5.41) is 22.0. The molecule has 2 amide bonds. The second-order valence-electron chi connectivity index (χ2n) is 3.75. The van der Waals surface area contributed by atoms with Gasteiger partial charge in [-0.15, -0.1) is 0 Å². The first-order chi connectivity index (χ1) is 8.92. The number of hydrogen-bond acceptors (Lipinski definition) is 6. The molecule has 9 heteroatoms. The third kappa shape index (κ3) is 7.65. The number of thioether (sulfide) groups is 1. The maximum Gasteiger partial charge on any atom is 0.326 e. The van der Waals surface area contributed by atoms with Crippen LogP contribution in [0.4, 0.5) is 0 Å². The van der Waals surface area contributed by atoms with Gasteiger partial charge in [0.15, 0.2) is 0 Å². The lowest BCUT2D eigenvalue weighted by Gasteiger charge is -2.15. The van der Waals surface area contributed by atoms with E-state index in [0.717, 1.165) is 0 Å². The van der Waals surface area contributed by atoms with Crippen molar-refractivity contribution in [3.63, 3.8) is 0 Å². The topological polar surface area (TPSA) is 142 Å². The molecule has 0 saturated heterocycles. The fourth-order valence-electron chi connectivity index (χ4n) is 1.12. The smallest absolute Gasteiger partial charge is 0.326 e. The summed E-state index contributed by atoms with van der Waals surface area (Å²) in [5.41, 5.74) is 5.23. The van der Waals surface area contributed by atoms with E-state index >= 15 is 0 Å². The summed E-state index contributed by atoms with van der Waals surface area (Å²) in [5.74, 6) is -1.82. The SMILES string of the molecule is CSCC[C@H](NC(=O)CNC(=O)[C@@H](N)CO)C(=O)O. The minimum atomic E-state index is -1.12. The van der Waals surface area contributed by atoms with Crippen LogP contribution in [0.2, 0.25) is 0 Å². The molecule has 0 unspecified atom stereocenters. The van der Waals surface area contributed by atoms with Crippen LogP contribution < -0.4 is 16.4 Å². The zero-order valence-electron chi connectivity index (χ0n) is 10.6. The number of nitrogens with one attached hydrogen (secondary N) is 2. The molecule has 8 nitrogen and oxygen atoms in total. The average molecular weight is 293 g/mol. The molecule has 0 aromatic carbocycles. The number of rotatable bonds is 9. The van der Waals surface area contributed by atoms with Crippen LogP contribution in [0, 0.1) is 0 Å². The molecule has 0 heterocycles. The first-order valence-electron chi connectivity index (χ1n) is 5.57. The number of nitrogens with two attached hydrogens (primary N) is 1. The van der Waals surface area contributed by atoms with Crippen LogP contribution in [-0.2, 0) is 14.4 Å². The zero-order chi connectivity index (χ0) is 14.8. The van der Waals surface area contributed by atoms with Crippen molar-refractivity contribution in [2.75, 3.05) is 25.2 Å². The maximum absolute atomic E-state index is 11.4. The van der Waals surface area contributed by atoms with Gasteiger partial charge in [-0.1, -0.05) is 0 Å². The van der Waals surface area contributed by atoms with Crippen molar-refractivity contribution < 1.29 is 24.6 Å². The zero-order valence-corrected chi connectivity index (χ0v) is 11.4. The van der Waals surface area contributed by atoms with Crippen LogP contribution >= 0.6 is 11.8 Å². The van der Waals surface area contributed by atoms with E-state index in [1.54, 1.807) is 0 Å². The number of carbonyl (C=O) groups excluding carboxylic acids is 2. The Morgan fingerprint density at radius 3 is 2.47 bits per heavy atom. The normalized spacial score (nSPS) is 13.4. The van der Waals surface area contributed by atoms with Crippen molar-refractivity contribution in [2.45, 2.75) is 18.5 Å². The number of aliphatic hydroxyl groups excluding tert-OH is 1. The highest BCUT2D eigenvalue weighted by molar-refractivity contribution is 7.98. The fourth-order valence-corrected chi connectivity index (χ4v) is 1.59. The van der Waals surface area contributed by atoms with Crippen LogP contribution in [0.1, 0.15) is 6.42 Å². The highest BCUT2D eigenvalue weighted by Crippen LogP contribution is 2.00. The van der Waals surface area contributed by atoms with Gasteiger partial charge in [0.1, 0.15) is 12.1 Å². The predicted molar refractivity (Wildman–Crippen MR) is 70.6 cm³/mol. The van der Waals surface area contributed by atoms with Crippen LogP contribution in [0.15, 0.2) is 0 Å². The number of carboxylic acids is 1. The first kappa shape index (κ1) is 17.7. The van der Waals surface area contributed by atoms with Gasteiger partial charge in [-0.05, 0) is 18.4 Å². The van der Waals surface area contributed by atoms with Crippen molar-refractivity contribution in [3.05, 3.63) is 0 Å². The third-order valence-corrected chi connectivity index (χ3v) is 2.84. The first-order valence-corrected chi connectivity index (χ1v) is 6.97. The molecular formula is C10H19N3O5S. The van der Waals surface area contributed by atoms with Crippen LogP contribution in [0.25, 0.3) is 0 Å². The Morgan fingerprint density at radius 1 is 1.37 bits per heavy atom. The molecule has 0 rings (SSSR count). The van der Waals surface area contributed by atoms with Gasteiger partial charge >= 0.3 is 5.97 Å². The Hall–Kier alpha value is -1.32. The number of aliphatic hydroxyl groups is 1. The molecule has 19 heavy (non-hydrogen) atoms. The van der Waals surface area contributed by atoms with E-state index in [9.17, 15) is 14.4 Å². The molecule has 0 spiro atoms. The lowest BCUT2D eigenvalue weighted by Crippen LogP contribution is -2.49. The molecular weight excluding hydrogens is 274 g/mol. The van der Waals surface area contributed by atoms with E-state index in [-0.39, 0.29) is 6.54 Å². The van der Waals surface area contributed by atoms with Crippen LogP contribution in [-0.4, -0.2) is 65.2 Å². The molecule has 0 saturated carbocycles. The average Bonchev–Trinajstić information content (AvgIpc) is 2.39. The summed E-state index contributed by atoms with van der Waals surface area (Å²) in [4.78, 5) is 33.5. The molecule has 0 radical (unpaired) electrons. The Balaban J connectivity index is 4.13. The number of amides is 2. The van der Waals surface area contributed by atoms with Crippen LogP contribution in [0.3, 0.4) is 0 Å². The summed E-state index contributed by atoms with van der Waals surface area (Å²) in [6.07, 6.45) is 2.13. The monoisotopic (exact) mass is 293 g/mol. The third-order valence-electron chi connectivity index (χ3n) is 2.20. The minimum Gasteiger partial charge on any atom is -0.480 e. The summed E-state index contributed by atoms with van der Waals surface area (Å²) < 4.78 is 0. The van der Waals surface area contributed by atoms with Crippen LogP contribution in [0.5, 0.6) is 0 Å². The Kier molecular flexibility index (Phi) is 8.92. The molecule has 0 aromatic heterocycles. The quantitative estimate of drug-likeness (QED) is 0.323. The highest BCUT2D eigenvalue weighted by Gasteiger charge is 2.20. The summed E-state index contributed by atoms with van der Waals surface area (Å²) in [6.45, 7) is -0.908. The predicted octanol–water partition coefficient (Wildman–Crippen LogP) is -2.26. The van der Waals surface area contributed by atoms with Gasteiger partial charge in [0, 0.05) is 0 Å². The molecule has 6 N–H and O–H groups in total. The maximum atomic E-state index is 11.4.